The molecule has 0 atom stereocenters. The van der Waals surface area contributed by atoms with Gasteiger partial charge in [0.2, 0.25) is 5.89 Å². The molecule has 0 spiro atoms. The minimum atomic E-state index is -0.0750. The van der Waals surface area contributed by atoms with Crippen molar-refractivity contribution >= 4 is 5.78 Å². The van der Waals surface area contributed by atoms with E-state index in [1.165, 1.54) is 6.26 Å². The molecule has 0 amide bonds. The summed E-state index contributed by atoms with van der Waals surface area (Å²) in [5.41, 5.74) is 6.70. The topological polar surface area (TPSA) is 69.1 Å². The molecule has 0 saturated carbocycles. The smallest absolute Gasteiger partial charge is 0.225 e. The lowest BCUT2D eigenvalue weighted by molar-refractivity contribution is 0.100. The van der Waals surface area contributed by atoms with E-state index in [1.54, 1.807) is 30.5 Å². The summed E-state index contributed by atoms with van der Waals surface area (Å²) < 4.78 is 5.13. The Kier molecular flexibility index (Phi) is 2.60. The predicted octanol–water partition coefficient (Wildman–Crippen LogP) is 1.48. The van der Waals surface area contributed by atoms with E-state index in [-0.39, 0.29) is 12.3 Å². The Labute approximate surface area is 86.7 Å². The Balaban J connectivity index is 2.29. The van der Waals surface area contributed by atoms with Crippen molar-refractivity contribution in [2.75, 3.05) is 6.54 Å². The summed E-state index contributed by atoms with van der Waals surface area (Å²) >= 11 is 0. The van der Waals surface area contributed by atoms with Crippen LogP contribution in [0, 0.1) is 0 Å². The van der Waals surface area contributed by atoms with Gasteiger partial charge < -0.3 is 10.2 Å². The molecular formula is C11H10N2O2. The first kappa shape index (κ1) is 9.61. The van der Waals surface area contributed by atoms with Crippen LogP contribution < -0.4 is 5.73 Å². The van der Waals surface area contributed by atoms with Crippen LogP contribution in [0.25, 0.3) is 11.5 Å². The highest BCUT2D eigenvalue weighted by atomic mass is 16.3. The van der Waals surface area contributed by atoms with Gasteiger partial charge in [-0.1, -0.05) is 12.1 Å². The standard InChI is InChI=1S/C11H10N2O2/c12-7-10(14)8-1-3-9(4-2-8)11-13-5-6-15-11/h1-6H,7,12H2. The highest BCUT2D eigenvalue weighted by Gasteiger charge is 2.05. The maximum absolute atomic E-state index is 11.2. The number of nitrogens with zero attached hydrogens (tertiary/aromatic N) is 1. The second-order valence-corrected chi connectivity index (χ2v) is 3.04. The summed E-state index contributed by atoms with van der Waals surface area (Å²) in [6.07, 6.45) is 3.09. The van der Waals surface area contributed by atoms with Crippen molar-refractivity contribution < 1.29 is 9.21 Å². The molecule has 76 valence electrons. The first-order valence-electron chi connectivity index (χ1n) is 4.54. The van der Waals surface area contributed by atoms with Crippen molar-refractivity contribution in [3.63, 3.8) is 0 Å². The minimum absolute atomic E-state index is 0.0261. The fraction of sp³-hybridized carbons (Fsp3) is 0.0909. The number of oxazole rings is 1. The zero-order valence-electron chi connectivity index (χ0n) is 8.01. The van der Waals surface area contributed by atoms with Crippen LogP contribution in [0.5, 0.6) is 0 Å². The van der Waals surface area contributed by atoms with E-state index < -0.39 is 0 Å². The molecule has 0 fully saturated rings. The molecule has 4 nitrogen and oxygen atoms in total. The molecule has 0 aliphatic carbocycles. The third-order valence-corrected chi connectivity index (χ3v) is 2.07. The highest BCUT2D eigenvalue weighted by Crippen LogP contribution is 2.17. The lowest BCUT2D eigenvalue weighted by Crippen LogP contribution is -2.13. The molecular weight excluding hydrogens is 192 g/mol. The van der Waals surface area contributed by atoms with E-state index in [1.807, 2.05) is 0 Å². The number of rotatable bonds is 3. The highest BCUT2D eigenvalue weighted by molar-refractivity contribution is 5.97. The number of Topliss-reactive ketones (excluding diaryl/α,β-unsaturated/α-hetero) is 1. The molecule has 4 heteroatoms. The van der Waals surface area contributed by atoms with Gasteiger partial charge in [-0.3, -0.25) is 4.79 Å². The summed E-state index contributed by atoms with van der Waals surface area (Å²) in [4.78, 5) is 15.3. The Morgan fingerprint density at radius 1 is 1.33 bits per heavy atom. The number of ketones is 1. The van der Waals surface area contributed by atoms with Crippen LogP contribution in [0.3, 0.4) is 0 Å². The van der Waals surface area contributed by atoms with Gasteiger partial charge in [0.15, 0.2) is 5.78 Å². The van der Waals surface area contributed by atoms with Gasteiger partial charge in [0.25, 0.3) is 0 Å². The zero-order valence-corrected chi connectivity index (χ0v) is 8.01. The second kappa shape index (κ2) is 4.06. The van der Waals surface area contributed by atoms with Gasteiger partial charge in [-0.2, -0.15) is 0 Å². The number of carbonyl (C=O) groups is 1. The monoisotopic (exact) mass is 202 g/mol. The minimum Gasteiger partial charge on any atom is -0.445 e. The third-order valence-electron chi connectivity index (χ3n) is 2.07. The van der Waals surface area contributed by atoms with Gasteiger partial charge in [0, 0.05) is 11.1 Å². The molecule has 0 aliphatic rings. The second-order valence-electron chi connectivity index (χ2n) is 3.04. The van der Waals surface area contributed by atoms with E-state index in [0.29, 0.717) is 11.5 Å². The van der Waals surface area contributed by atoms with Gasteiger partial charge in [-0.05, 0) is 12.1 Å². The molecule has 1 aromatic carbocycles. The van der Waals surface area contributed by atoms with Crippen molar-refractivity contribution in [1.29, 1.82) is 0 Å². The molecule has 0 unspecified atom stereocenters. The van der Waals surface area contributed by atoms with Crippen LogP contribution in [-0.4, -0.2) is 17.3 Å². The normalized spacial score (nSPS) is 10.2. The van der Waals surface area contributed by atoms with Crippen LogP contribution in [0.4, 0.5) is 0 Å². The molecule has 1 aromatic heterocycles. The third kappa shape index (κ3) is 1.94. The van der Waals surface area contributed by atoms with Crippen LogP contribution in [0.2, 0.25) is 0 Å². The molecule has 2 N–H and O–H groups in total. The summed E-state index contributed by atoms with van der Waals surface area (Å²) in [7, 11) is 0. The maximum Gasteiger partial charge on any atom is 0.225 e. The fourth-order valence-electron chi connectivity index (χ4n) is 1.28. The maximum atomic E-state index is 11.2. The van der Waals surface area contributed by atoms with Gasteiger partial charge in [0.05, 0.1) is 12.7 Å². The SMILES string of the molecule is NCC(=O)c1ccc(-c2ncco2)cc1. The molecule has 0 aliphatic heterocycles. The first-order valence-corrected chi connectivity index (χ1v) is 4.54. The Bertz CT molecular complexity index is 446. The van der Waals surface area contributed by atoms with Crippen molar-refractivity contribution in [2.24, 2.45) is 5.73 Å². The number of hydrogen-bond acceptors (Lipinski definition) is 4. The largest absolute Gasteiger partial charge is 0.445 e. The molecule has 0 radical (unpaired) electrons. The van der Waals surface area contributed by atoms with Crippen molar-refractivity contribution in [2.45, 2.75) is 0 Å². The summed E-state index contributed by atoms with van der Waals surface area (Å²) in [5, 5.41) is 0. The van der Waals surface area contributed by atoms with Gasteiger partial charge >= 0.3 is 0 Å². The van der Waals surface area contributed by atoms with E-state index in [2.05, 4.69) is 4.98 Å². The summed E-state index contributed by atoms with van der Waals surface area (Å²) in [6, 6.07) is 7.01. The Morgan fingerprint density at radius 2 is 2.07 bits per heavy atom. The number of carbonyl (C=O) groups excluding carboxylic acids is 1. The van der Waals surface area contributed by atoms with Crippen molar-refractivity contribution in [1.82, 2.24) is 4.98 Å². The lowest BCUT2D eigenvalue weighted by atomic mass is 10.1. The summed E-state index contributed by atoms with van der Waals surface area (Å²) in [6.45, 7) is 0.0261. The average Bonchev–Trinajstić information content (AvgIpc) is 2.82. The molecule has 2 rings (SSSR count). The van der Waals surface area contributed by atoms with Crippen molar-refractivity contribution in [3.8, 4) is 11.5 Å². The van der Waals surface area contributed by atoms with E-state index in [0.717, 1.165) is 5.56 Å². The van der Waals surface area contributed by atoms with Crippen molar-refractivity contribution in [3.05, 3.63) is 42.3 Å². The van der Waals surface area contributed by atoms with E-state index in [4.69, 9.17) is 10.2 Å². The summed E-state index contributed by atoms with van der Waals surface area (Å²) in [5.74, 6) is 0.468. The fourth-order valence-corrected chi connectivity index (χ4v) is 1.28. The van der Waals surface area contributed by atoms with E-state index in [9.17, 15) is 4.79 Å². The molecule has 0 bridgehead atoms. The number of aromatic nitrogens is 1. The van der Waals surface area contributed by atoms with Crippen LogP contribution in [0.15, 0.2) is 41.1 Å². The van der Waals surface area contributed by atoms with Crippen LogP contribution >= 0.6 is 0 Å². The van der Waals surface area contributed by atoms with Crippen LogP contribution in [0.1, 0.15) is 10.4 Å². The number of nitrogens with two attached hydrogens (primary N) is 1. The zero-order chi connectivity index (χ0) is 10.7. The average molecular weight is 202 g/mol. The first-order chi connectivity index (χ1) is 7.31. The predicted molar refractivity (Wildman–Crippen MR) is 55.3 cm³/mol. The van der Waals surface area contributed by atoms with Gasteiger partial charge in [-0.15, -0.1) is 0 Å². The quantitative estimate of drug-likeness (QED) is 0.765. The molecule has 1 heterocycles. The molecule has 2 aromatic rings. The lowest BCUT2D eigenvalue weighted by Gasteiger charge is -1.98. The van der Waals surface area contributed by atoms with Gasteiger partial charge in [0.1, 0.15) is 6.26 Å². The Hall–Kier alpha value is -1.94. The van der Waals surface area contributed by atoms with Crippen LogP contribution in [-0.2, 0) is 0 Å². The number of hydrogen-bond donors (Lipinski definition) is 1. The molecule has 15 heavy (non-hydrogen) atoms. The number of benzene rings is 1. The molecule has 0 saturated heterocycles. The van der Waals surface area contributed by atoms with Gasteiger partial charge in [-0.25, -0.2) is 4.98 Å². The van der Waals surface area contributed by atoms with E-state index >= 15 is 0 Å². The Morgan fingerprint density at radius 3 is 2.60 bits per heavy atom.